The van der Waals surface area contributed by atoms with Crippen LogP contribution in [0.4, 0.5) is 4.39 Å². The van der Waals surface area contributed by atoms with Gasteiger partial charge in [-0.1, -0.05) is 0 Å². The van der Waals surface area contributed by atoms with Crippen LogP contribution in [0, 0.1) is 5.82 Å². The lowest BCUT2D eigenvalue weighted by molar-refractivity contribution is 0.0125. The molecule has 2 rings (SSSR count). The van der Waals surface area contributed by atoms with Crippen molar-refractivity contribution in [3.63, 3.8) is 0 Å². The fourth-order valence-electron chi connectivity index (χ4n) is 2.59. The molecule has 0 aliphatic carbocycles. The van der Waals surface area contributed by atoms with E-state index in [1.165, 1.54) is 6.07 Å². The lowest BCUT2D eigenvalue weighted by Gasteiger charge is -2.31. The van der Waals surface area contributed by atoms with Crippen molar-refractivity contribution in [1.29, 1.82) is 0 Å². The van der Waals surface area contributed by atoms with E-state index in [2.05, 4.69) is 4.90 Å². The minimum absolute atomic E-state index is 0.00389. The summed E-state index contributed by atoms with van der Waals surface area (Å²) in [5, 5.41) is 8.94. The van der Waals surface area contributed by atoms with Gasteiger partial charge in [-0.05, 0) is 43.5 Å². The number of nitrogens with zero attached hydrogens (tertiary/aromatic N) is 1. The van der Waals surface area contributed by atoms with Gasteiger partial charge in [0.2, 0.25) is 0 Å². The Morgan fingerprint density at radius 2 is 2.10 bits per heavy atom. The summed E-state index contributed by atoms with van der Waals surface area (Å²) in [4.78, 5) is 13.1. The molecule has 1 heterocycles. The second kappa shape index (κ2) is 6.81. The van der Waals surface area contributed by atoms with Crippen molar-refractivity contribution in [2.75, 3.05) is 19.7 Å². The molecule has 110 valence electrons. The van der Waals surface area contributed by atoms with Crippen LogP contribution in [0.3, 0.4) is 0 Å². The highest BCUT2D eigenvalue weighted by Crippen LogP contribution is 2.17. The molecule has 0 aromatic heterocycles. The van der Waals surface area contributed by atoms with Crippen LogP contribution in [0.2, 0.25) is 0 Å². The largest absolute Gasteiger partial charge is 0.478 e. The van der Waals surface area contributed by atoms with Gasteiger partial charge in [0.05, 0.1) is 11.7 Å². The molecule has 0 saturated carbocycles. The fourth-order valence-corrected chi connectivity index (χ4v) is 2.59. The Morgan fingerprint density at radius 3 is 2.70 bits per heavy atom. The summed E-state index contributed by atoms with van der Waals surface area (Å²) in [6.07, 6.45) is 2.25. The van der Waals surface area contributed by atoms with Crippen LogP contribution in [-0.2, 0) is 11.3 Å². The number of hydrogen-bond donors (Lipinski definition) is 1. The number of hydrogen-bond acceptors (Lipinski definition) is 3. The summed E-state index contributed by atoms with van der Waals surface area (Å²) < 4.78 is 19.0. The molecule has 0 spiro atoms. The second-order valence-corrected chi connectivity index (χ2v) is 5.08. The number of aromatic carboxylic acids is 1. The minimum Gasteiger partial charge on any atom is -0.478 e. The highest BCUT2D eigenvalue weighted by atomic mass is 19.1. The van der Waals surface area contributed by atoms with Crippen molar-refractivity contribution in [2.45, 2.75) is 32.4 Å². The minimum atomic E-state index is -1.10. The number of benzene rings is 1. The molecule has 0 bridgehead atoms. The van der Waals surface area contributed by atoms with Gasteiger partial charge in [0.15, 0.2) is 0 Å². The molecule has 5 heteroatoms. The summed E-state index contributed by atoms with van der Waals surface area (Å²) >= 11 is 0. The van der Waals surface area contributed by atoms with Crippen LogP contribution >= 0.6 is 0 Å². The average molecular weight is 281 g/mol. The van der Waals surface area contributed by atoms with Gasteiger partial charge < -0.3 is 9.84 Å². The van der Waals surface area contributed by atoms with Gasteiger partial charge in [0.25, 0.3) is 0 Å². The summed E-state index contributed by atoms with van der Waals surface area (Å²) in [5.74, 6) is -1.59. The van der Waals surface area contributed by atoms with Crippen LogP contribution in [0.5, 0.6) is 0 Å². The quantitative estimate of drug-likeness (QED) is 0.901. The maximum atomic E-state index is 13.4. The van der Waals surface area contributed by atoms with Gasteiger partial charge in [-0.3, -0.25) is 4.90 Å². The van der Waals surface area contributed by atoms with Crippen molar-refractivity contribution >= 4 is 5.97 Å². The Morgan fingerprint density at radius 1 is 1.40 bits per heavy atom. The first-order valence-electron chi connectivity index (χ1n) is 6.95. The Labute approximate surface area is 118 Å². The van der Waals surface area contributed by atoms with Crippen LogP contribution in [0.25, 0.3) is 0 Å². The Hall–Kier alpha value is -1.46. The SMILES string of the molecule is CCOC1CCN(Cc2cc(F)cc(C(=O)O)c2)CC1. The van der Waals surface area contributed by atoms with E-state index in [1.54, 1.807) is 6.07 Å². The molecule has 1 fully saturated rings. The molecule has 1 aliphatic rings. The number of halogens is 1. The van der Waals surface area contributed by atoms with Gasteiger partial charge in [0, 0.05) is 26.2 Å². The Balaban J connectivity index is 1.96. The second-order valence-electron chi connectivity index (χ2n) is 5.08. The van der Waals surface area contributed by atoms with E-state index in [4.69, 9.17) is 9.84 Å². The fraction of sp³-hybridized carbons (Fsp3) is 0.533. The van der Waals surface area contributed by atoms with Gasteiger partial charge >= 0.3 is 5.97 Å². The Bertz CT molecular complexity index is 470. The van der Waals surface area contributed by atoms with Crippen molar-refractivity contribution in [3.8, 4) is 0 Å². The first-order chi connectivity index (χ1) is 9.58. The van der Waals surface area contributed by atoms with Gasteiger partial charge in [0.1, 0.15) is 5.82 Å². The molecule has 0 radical (unpaired) electrons. The molecule has 1 aliphatic heterocycles. The predicted molar refractivity (Wildman–Crippen MR) is 73.3 cm³/mol. The van der Waals surface area contributed by atoms with Crippen LogP contribution < -0.4 is 0 Å². The number of likely N-dealkylation sites (tertiary alicyclic amines) is 1. The normalized spacial score (nSPS) is 17.3. The Kier molecular flexibility index (Phi) is 5.09. The van der Waals surface area contributed by atoms with E-state index in [1.807, 2.05) is 6.92 Å². The highest BCUT2D eigenvalue weighted by Gasteiger charge is 2.19. The first-order valence-corrected chi connectivity index (χ1v) is 6.95. The van der Waals surface area contributed by atoms with Crippen LogP contribution in [0.15, 0.2) is 18.2 Å². The van der Waals surface area contributed by atoms with Crippen LogP contribution in [0.1, 0.15) is 35.7 Å². The lowest BCUT2D eigenvalue weighted by atomic mass is 10.1. The smallest absolute Gasteiger partial charge is 0.335 e. The third kappa shape index (κ3) is 4.02. The van der Waals surface area contributed by atoms with Gasteiger partial charge in [-0.2, -0.15) is 0 Å². The molecule has 1 aromatic carbocycles. The summed E-state index contributed by atoms with van der Waals surface area (Å²) in [7, 11) is 0. The summed E-state index contributed by atoms with van der Waals surface area (Å²) in [5.41, 5.74) is 0.710. The third-order valence-corrected chi connectivity index (χ3v) is 3.55. The molecule has 20 heavy (non-hydrogen) atoms. The van der Waals surface area contributed by atoms with E-state index in [0.29, 0.717) is 18.2 Å². The average Bonchev–Trinajstić information content (AvgIpc) is 2.40. The standard InChI is InChI=1S/C15H20FNO3/c1-2-20-14-3-5-17(6-4-14)10-11-7-12(15(18)19)9-13(16)8-11/h7-9,14H,2-6,10H2,1H3,(H,18,19). The van der Waals surface area contributed by atoms with Gasteiger partial charge in [-0.15, -0.1) is 0 Å². The van der Waals surface area contributed by atoms with E-state index >= 15 is 0 Å². The summed E-state index contributed by atoms with van der Waals surface area (Å²) in [6.45, 7) is 5.09. The molecule has 1 aromatic rings. The number of piperidine rings is 1. The molecule has 1 N–H and O–H groups in total. The molecule has 1 saturated heterocycles. The monoisotopic (exact) mass is 281 g/mol. The van der Waals surface area contributed by atoms with Crippen molar-refractivity contribution in [2.24, 2.45) is 0 Å². The van der Waals surface area contributed by atoms with E-state index in [9.17, 15) is 9.18 Å². The van der Waals surface area contributed by atoms with Crippen molar-refractivity contribution in [3.05, 3.63) is 35.1 Å². The third-order valence-electron chi connectivity index (χ3n) is 3.55. The zero-order valence-corrected chi connectivity index (χ0v) is 11.6. The highest BCUT2D eigenvalue weighted by molar-refractivity contribution is 5.87. The number of carboxylic acids is 1. The van der Waals surface area contributed by atoms with Crippen molar-refractivity contribution < 1.29 is 19.0 Å². The summed E-state index contributed by atoms with van der Waals surface area (Å²) in [6, 6.07) is 3.99. The maximum Gasteiger partial charge on any atom is 0.335 e. The number of ether oxygens (including phenoxy) is 1. The lowest BCUT2D eigenvalue weighted by Crippen LogP contribution is -2.36. The molecular weight excluding hydrogens is 261 g/mol. The zero-order chi connectivity index (χ0) is 14.5. The topological polar surface area (TPSA) is 49.8 Å². The molecular formula is C15H20FNO3. The van der Waals surface area contributed by atoms with E-state index < -0.39 is 11.8 Å². The number of carbonyl (C=O) groups is 1. The molecule has 0 amide bonds. The number of carboxylic acid groups (broad SMARTS) is 1. The van der Waals surface area contributed by atoms with Gasteiger partial charge in [-0.25, -0.2) is 9.18 Å². The maximum absolute atomic E-state index is 13.4. The molecule has 0 unspecified atom stereocenters. The van der Waals surface area contributed by atoms with E-state index in [0.717, 1.165) is 38.6 Å². The van der Waals surface area contributed by atoms with Crippen LogP contribution in [-0.4, -0.2) is 41.8 Å². The zero-order valence-electron chi connectivity index (χ0n) is 11.6. The van der Waals surface area contributed by atoms with E-state index in [-0.39, 0.29) is 5.56 Å². The molecule has 0 atom stereocenters. The molecule has 4 nitrogen and oxygen atoms in total. The predicted octanol–water partition coefficient (Wildman–Crippen LogP) is 2.52. The number of rotatable bonds is 5. The first kappa shape index (κ1) is 14.9. The van der Waals surface area contributed by atoms with Crippen molar-refractivity contribution in [1.82, 2.24) is 4.90 Å².